The van der Waals surface area contributed by atoms with Gasteiger partial charge in [-0.15, -0.1) is 0 Å². The lowest BCUT2D eigenvalue weighted by atomic mass is 10.1. The van der Waals surface area contributed by atoms with E-state index in [1.54, 1.807) is 0 Å². The molecule has 4 nitrogen and oxygen atoms in total. The number of nitrogens with one attached hydrogen (secondary N) is 1. The number of furan rings is 1. The molecule has 0 spiro atoms. The summed E-state index contributed by atoms with van der Waals surface area (Å²) in [7, 11) is 0. The van der Waals surface area contributed by atoms with Crippen molar-refractivity contribution >= 4 is 35.3 Å². The Bertz CT molecular complexity index is 760. The van der Waals surface area contributed by atoms with Gasteiger partial charge < -0.3 is 14.6 Å². The van der Waals surface area contributed by atoms with Gasteiger partial charge in [-0.2, -0.15) is 0 Å². The van der Waals surface area contributed by atoms with E-state index in [0.29, 0.717) is 4.91 Å². The Kier molecular flexibility index (Phi) is 3.87. The van der Waals surface area contributed by atoms with E-state index in [1.165, 1.54) is 31.0 Å². The monoisotopic (exact) mass is 326 g/mol. The molecule has 2 aliphatic rings. The highest BCUT2D eigenvalue weighted by atomic mass is 32.2. The number of carbonyl (C=O) groups excluding carboxylic acids is 1. The predicted molar refractivity (Wildman–Crippen MR) is 93.7 cm³/mol. The molecule has 0 saturated carbocycles. The molecule has 118 valence electrons. The van der Waals surface area contributed by atoms with Crippen LogP contribution in [0.2, 0.25) is 0 Å². The number of anilines is 2. The molecule has 4 rings (SSSR count). The van der Waals surface area contributed by atoms with Crippen molar-refractivity contribution in [3.05, 3.63) is 47.1 Å². The second kappa shape index (κ2) is 6.16. The summed E-state index contributed by atoms with van der Waals surface area (Å²) in [4.78, 5) is 16.2. The topological polar surface area (TPSA) is 45.5 Å². The van der Waals surface area contributed by atoms with Crippen molar-refractivity contribution in [2.75, 3.05) is 23.3 Å². The molecule has 0 atom stereocenters. The molecule has 0 radical (unpaired) electrons. The van der Waals surface area contributed by atoms with Gasteiger partial charge in [-0.1, -0.05) is 23.9 Å². The van der Waals surface area contributed by atoms with E-state index in [-0.39, 0.29) is 5.91 Å². The van der Waals surface area contributed by atoms with E-state index in [2.05, 4.69) is 10.2 Å². The van der Waals surface area contributed by atoms with Crippen LogP contribution in [0.15, 0.2) is 50.6 Å². The number of amides is 1. The average molecular weight is 326 g/mol. The number of nitrogens with zero attached hydrogens (tertiary/aromatic N) is 1. The molecule has 0 aliphatic carbocycles. The van der Waals surface area contributed by atoms with Crippen molar-refractivity contribution in [2.45, 2.75) is 24.2 Å². The van der Waals surface area contributed by atoms with Gasteiger partial charge in [-0.05, 0) is 37.5 Å². The summed E-state index contributed by atoms with van der Waals surface area (Å²) in [5, 5.41) is 2.92. The SMILES string of the molecule is O=C1Nc2ccccc2S/C1=C\c1ccc(N2CCCCC2)o1. The van der Waals surface area contributed by atoms with E-state index in [0.717, 1.165) is 35.3 Å². The molecule has 23 heavy (non-hydrogen) atoms. The van der Waals surface area contributed by atoms with Crippen LogP contribution in [0, 0.1) is 0 Å². The van der Waals surface area contributed by atoms with Crippen molar-refractivity contribution in [2.24, 2.45) is 0 Å². The van der Waals surface area contributed by atoms with Crippen LogP contribution in [0.25, 0.3) is 6.08 Å². The fourth-order valence-electron chi connectivity index (χ4n) is 2.94. The molecule has 5 heteroatoms. The van der Waals surface area contributed by atoms with Crippen LogP contribution < -0.4 is 10.2 Å². The molecule has 3 heterocycles. The minimum atomic E-state index is -0.0791. The van der Waals surface area contributed by atoms with Crippen LogP contribution >= 0.6 is 11.8 Å². The maximum atomic E-state index is 12.2. The van der Waals surface area contributed by atoms with Gasteiger partial charge in [0.2, 0.25) is 0 Å². The third-order valence-corrected chi connectivity index (χ3v) is 5.23. The zero-order chi connectivity index (χ0) is 15.6. The lowest BCUT2D eigenvalue weighted by Crippen LogP contribution is -2.28. The molecule has 1 aromatic heterocycles. The smallest absolute Gasteiger partial charge is 0.262 e. The van der Waals surface area contributed by atoms with Crippen LogP contribution in [0.3, 0.4) is 0 Å². The van der Waals surface area contributed by atoms with E-state index in [1.807, 2.05) is 42.5 Å². The van der Waals surface area contributed by atoms with Crippen LogP contribution in [-0.4, -0.2) is 19.0 Å². The fourth-order valence-corrected chi connectivity index (χ4v) is 3.87. The first-order chi connectivity index (χ1) is 11.3. The normalized spacial score (nSPS) is 19.6. The zero-order valence-corrected chi connectivity index (χ0v) is 13.6. The lowest BCUT2D eigenvalue weighted by molar-refractivity contribution is -0.112. The number of rotatable bonds is 2. The van der Waals surface area contributed by atoms with Crippen LogP contribution in [-0.2, 0) is 4.79 Å². The second-order valence-electron chi connectivity index (χ2n) is 5.78. The molecule has 0 unspecified atom stereocenters. The summed E-state index contributed by atoms with van der Waals surface area (Å²) in [5.74, 6) is 1.55. The summed E-state index contributed by atoms with van der Waals surface area (Å²) in [5.41, 5.74) is 0.869. The van der Waals surface area contributed by atoms with Crippen molar-refractivity contribution in [3.63, 3.8) is 0 Å². The molecule has 1 aromatic carbocycles. The summed E-state index contributed by atoms with van der Waals surface area (Å²) in [6, 6.07) is 11.8. The highest BCUT2D eigenvalue weighted by molar-refractivity contribution is 8.04. The zero-order valence-electron chi connectivity index (χ0n) is 12.7. The van der Waals surface area contributed by atoms with Crippen LogP contribution in [0.1, 0.15) is 25.0 Å². The van der Waals surface area contributed by atoms with Crippen LogP contribution in [0.5, 0.6) is 0 Å². The third kappa shape index (κ3) is 3.01. The van der Waals surface area contributed by atoms with Gasteiger partial charge in [0.1, 0.15) is 5.76 Å². The number of carbonyl (C=O) groups is 1. The largest absolute Gasteiger partial charge is 0.441 e. The first-order valence-electron chi connectivity index (χ1n) is 7.94. The molecule has 0 bridgehead atoms. The van der Waals surface area contributed by atoms with E-state index in [9.17, 15) is 4.79 Å². The van der Waals surface area contributed by atoms with Crippen molar-refractivity contribution in [1.29, 1.82) is 0 Å². The van der Waals surface area contributed by atoms with Gasteiger partial charge in [-0.3, -0.25) is 4.79 Å². The number of benzene rings is 1. The Morgan fingerprint density at radius 2 is 1.91 bits per heavy atom. The summed E-state index contributed by atoms with van der Waals surface area (Å²) >= 11 is 1.48. The number of piperidine rings is 1. The Hall–Kier alpha value is -2.14. The van der Waals surface area contributed by atoms with Gasteiger partial charge in [-0.25, -0.2) is 0 Å². The quantitative estimate of drug-likeness (QED) is 0.833. The minimum absolute atomic E-state index is 0.0791. The number of fused-ring (bicyclic) bond motifs is 1. The Morgan fingerprint density at radius 1 is 1.09 bits per heavy atom. The van der Waals surface area contributed by atoms with E-state index < -0.39 is 0 Å². The Morgan fingerprint density at radius 3 is 2.78 bits per heavy atom. The molecule has 1 fully saturated rings. The predicted octanol–water partition coefficient (Wildman–Crippen LogP) is 4.36. The van der Waals surface area contributed by atoms with E-state index >= 15 is 0 Å². The third-order valence-electron chi connectivity index (χ3n) is 4.13. The van der Waals surface area contributed by atoms with Gasteiger partial charge in [0.15, 0.2) is 5.88 Å². The maximum Gasteiger partial charge on any atom is 0.262 e. The van der Waals surface area contributed by atoms with Crippen molar-refractivity contribution in [3.8, 4) is 0 Å². The first kappa shape index (κ1) is 14.5. The average Bonchev–Trinajstić information content (AvgIpc) is 3.05. The molecular weight excluding hydrogens is 308 g/mol. The number of hydrogen-bond donors (Lipinski definition) is 1. The summed E-state index contributed by atoms with van der Waals surface area (Å²) in [6.45, 7) is 2.10. The highest BCUT2D eigenvalue weighted by Gasteiger charge is 2.21. The minimum Gasteiger partial charge on any atom is -0.441 e. The van der Waals surface area contributed by atoms with Gasteiger partial charge >= 0.3 is 0 Å². The summed E-state index contributed by atoms with van der Waals surface area (Å²) in [6.07, 6.45) is 5.55. The molecule has 1 N–H and O–H groups in total. The van der Waals surface area contributed by atoms with Crippen molar-refractivity contribution in [1.82, 2.24) is 0 Å². The molecule has 1 saturated heterocycles. The second-order valence-corrected chi connectivity index (χ2v) is 6.87. The lowest BCUT2D eigenvalue weighted by Gasteiger charge is -2.25. The fraction of sp³-hybridized carbons (Fsp3) is 0.278. The molecule has 2 aliphatic heterocycles. The molecule has 1 amide bonds. The van der Waals surface area contributed by atoms with Gasteiger partial charge in [0.25, 0.3) is 5.91 Å². The van der Waals surface area contributed by atoms with Gasteiger partial charge in [0.05, 0.1) is 10.6 Å². The molecule has 2 aromatic rings. The Balaban J connectivity index is 1.56. The van der Waals surface area contributed by atoms with Gasteiger partial charge in [0, 0.05) is 30.1 Å². The highest BCUT2D eigenvalue weighted by Crippen LogP contribution is 2.38. The molecular formula is C18H18N2O2S. The van der Waals surface area contributed by atoms with E-state index in [4.69, 9.17) is 4.42 Å². The number of thioether (sulfide) groups is 1. The Labute approximate surface area is 139 Å². The number of para-hydroxylation sites is 1. The standard InChI is InChI=1S/C18H18N2O2S/c21-18-16(23-15-7-3-2-6-14(15)19-18)12-13-8-9-17(22-13)20-10-4-1-5-11-20/h2-3,6-9,12H,1,4-5,10-11H2,(H,19,21)/b16-12-. The number of hydrogen-bond acceptors (Lipinski definition) is 4. The maximum absolute atomic E-state index is 12.2. The summed E-state index contributed by atoms with van der Waals surface area (Å²) < 4.78 is 5.92. The first-order valence-corrected chi connectivity index (χ1v) is 8.76. The van der Waals surface area contributed by atoms with Crippen LogP contribution in [0.4, 0.5) is 11.6 Å². The van der Waals surface area contributed by atoms with Crippen molar-refractivity contribution < 1.29 is 9.21 Å².